The molecule has 0 saturated carbocycles. The molecule has 0 aliphatic rings. The van der Waals surface area contributed by atoms with Gasteiger partial charge in [-0.1, -0.05) is 36.9 Å². The first-order valence-corrected chi connectivity index (χ1v) is 10.1. The monoisotopic (exact) mass is 391 g/mol. The number of hydrogen-bond acceptors (Lipinski definition) is 5. The number of fused-ring (bicyclic) bond motifs is 1. The Morgan fingerprint density at radius 1 is 1.21 bits per heavy atom. The van der Waals surface area contributed by atoms with E-state index in [1.54, 1.807) is 6.07 Å². The molecule has 3 aromatic rings. The molecule has 0 aliphatic carbocycles. The Labute approximate surface area is 168 Å². The van der Waals surface area contributed by atoms with Crippen LogP contribution < -0.4 is 10.1 Å². The molecule has 0 saturated heterocycles. The van der Waals surface area contributed by atoms with Crippen molar-refractivity contribution in [3.8, 4) is 11.8 Å². The Kier molecular flexibility index (Phi) is 6.51. The smallest absolute Gasteiger partial charge is 0.234 e. The number of aromatic nitrogens is 1. The van der Waals surface area contributed by atoms with E-state index in [0.717, 1.165) is 34.3 Å². The molecule has 1 aromatic heterocycles. The van der Waals surface area contributed by atoms with Crippen LogP contribution in [0, 0.1) is 11.3 Å². The minimum Gasteiger partial charge on any atom is -0.494 e. The zero-order valence-corrected chi connectivity index (χ0v) is 16.7. The molecule has 3 rings (SSSR count). The Morgan fingerprint density at radius 2 is 2.04 bits per heavy atom. The minimum atomic E-state index is -0.125. The van der Waals surface area contributed by atoms with E-state index in [9.17, 15) is 10.1 Å². The van der Waals surface area contributed by atoms with E-state index < -0.39 is 0 Å². The fourth-order valence-corrected chi connectivity index (χ4v) is 3.61. The number of nitrogens with one attached hydrogen (secondary N) is 1. The Bertz CT molecular complexity index is 1040. The van der Waals surface area contributed by atoms with Gasteiger partial charge in [0.15, 0.2) is 0 Å². The Hall–Kier alpha value is -3.04. The molecular weight excluding hydrogens is 370 g/mol. The second-order valence-corrected chi connectivity index (χ2v) is 7.05. The second-order valence-electron chi connectivity index (χ2n) is 6.09. The van der Waals surface area contributed by atoms with Gasteiger partial charge in [0.1, 0.15) is 16.8 Å². The summed E-state index contributed by atoms with van der Waals surface area (Å²) in [6, 6.07) is 17.3. The third-order valence-electron chi connectivity index (χ3n) is 4.20. The van der Waals surface area contributed by atoms with Gasteiger partial charge in [-0.2, -0.15) is 5.26 Å². The van der Waals surface area contributed by atoms with E-state index in [1.165, 1.54) is 11.8 Å². The number of thioether (sulfide) groups is 1. The van der Waals surface area contributed by atoms with Gasteiger partial charge in [-0.25, -0.2) is 4.98 Å². The van der Waals surface area contributed by atoms with Gasteiger partial charge >= 0.3 is 0 Å². The van der Waals surface area contributed by atoms with Gasteiger partial charge in [-0.05, 0) is 43.2 Å². The number of amides is 1. The van der Waals surface area contributed by atoms with Crippen molar-refractivity contribution in [2.45, 2.75) is 25.3 Å². The number of rotatable bonds is 7. The highest BCUT2D eigenvalue weighted by Gasteiger charge is 2.12. The average molecular weight is 391 g/mol. The molecule has 2 aromatic carbocycles. The summed E-state index contributed by atoms with van der Waals surface area (Å²) in [4.78, 5) is 17.0. The summed E-state index contributed by atoms with van der Waals surface area (Å²) in [7, 11) is 0. The normalized spacial score (nSPS) is 10.5. The lowest BCUT2D eigenvalue weighted by molar-refractivity contribution is -0.113. The lowest BCUT2D eigenvalue weighted by Gasteiger charge is -2.10. The summed E-state index contributed by atoms with van der Waals surface area (Å²) in [6.45, 7) is 4.55. The molecule has 1 N–H and O–H groups in total. The first-order chi connectivity index (χ1) is 13.6. The average Bonchev–Trinajstić information content (AvgIpc) is 2.72. The third kappa shape index (κ3) is 4.62. The predicted molar refractivity (Wildman–Crippen MR) is 113 cm³/mol. The van der Waals surface area contributed by atoms with Crippen LogP contribution in [0.15, 0.2) is 53.6 Å². The second kappa shape index (κ2) is 9.25. The van der Waals surface area contributed by atoms with Crippen LogP contribution in [0.2, 0.25) is 0 Å². The van der Waals surface area contributed by atoms with Gasteiger partial charge < -0.3 is 10.1 Å². The van der Waals surface area contributed by atoms with Crippen molar-refractivity contribution in [3.63, 3.8) is 0 Å². The molecule has 5 nitrogen and oxygen atoms in total. The quantitative estimate of drug-likeness (QED) is 0.586. The maximum absolute atomic E-state index is 12.4. The van der Waals surface area contributed by atoms with Crippen LogP contribution in [0.4, 0.5) is 5.69 Å². The number of pyridine rings is 1. The van der Waals surface area contributed by atoms with Crippen molar-refractivity contribution >= 4 is 34.3 Å². The standard InChI is InChI=1S/C22H21N3O2S/c1-3-15-7-5-6-8-19(15)24-21(26)14-28-22-17(13-23)11-16-9-10-18(27-4-2)12-20(16)25-22/h5-12H,3-4,14H2,1-2H3,(H,24,26). The number of anilines is 1. The molecule has 1 amide bonds. The summed E-state index contributed by atoms with van der Waals surface area (Å²) >= 11 is 1.26. The Balaban J connectivity index is 1.77. The van der Waals surface area contributed by atoms with Crippen molar-refractivity contribution in [1.82, 2.24) is 4.98 Å². The number of nitriles is 1. The number of ether oxygens (including phenoxy) is 1. The number of aryl methyl sites for hydroxylation is 1. The molecule has 0 aliphatic heterocycles. The molecule has 6 heteroatoms. The zero-order valence-electron chi connectivity index (χ0n) is 15.9. The van der Waals surface area contributed by atoms with Crippen LogP contribution in [0.3, 0.4) is 0 Å². The van der Waals surface area contributed by atoms with Crippen LogP contribution in [0.1, 0.15) is 25.0 Å². The molecule has 0 spiro atoms. The lowest BCUT2D eigenvalue weighted by atomic mass is 10.1. The molecule has 1 heterocycles. The number of para-hydroxylation sites is 1. The highest BCUT2D eigenvalue weighted by molar-refractivity contribution is 8.00. The van der Waals surface area contributed by atoms with Crippen molar-refractivity contribution < 1.29 is 9.53 Å². The largest absolute Gasteiger partial charge is 0.494 e. The molecule has 0 fully saturated rings. The highest BCUT2D eigenvalue weighted by Crippen LogP contribution is 2.27. The van der Waals surface area contributed by atoms with Crippen LogP contribution in [-0.4, -0.2) is 23.3 Å². The Morgan fingerprint density at radius 3 is 2.79 bits per heavy atom. The number of benzene rings is 2. The molecule has 0 atom stereocenters. The zero-order chi connectivity index (χ0) is 19.9. The van der Waals surface area contributed by atoms with Crippen molar-refractivity contribution in [2.24, 2.45) is 0 Å². The van der Waals surface area contributed by atoms with Crippen molar-refractivity contribution in [2.75, 3.05) is 17.7 Å². The van der Waals surface area contributed by atoms with E-state index >= 15 is 0 Å². The van der Waals surface area contributed by atoms with E-state index in [2.05, 4.69) is 23.3 Å². The van der Waals surface area contributed by atoms with Crippen LogP contribution in [0.5, 0.6) is 5.75 Å². The molecule has 142 valence electrons. The molecule has 0 radical (unpaired) electrons. The van der Waals surface area contributed by atoms with Crippen molar-refractivity contribution in [3.05, 3.63) is 59.7 Å². The van der Waals surface area contributed by atoms with Gasteiger partial charge in [0.25, 0.3) is 0 Å². The number of carbonyl (C=O) groups is 1. The summed E-state index contributed by atoms with van der Waals surface area (Å²) < 4.78 is 5.52. The van der Waals surface area contributed by atoms with Crippen LogP contribution in [0.25, 0.3) is 10.9 Å². The van der Waals surface area contributed by atoms with Gasteiger partial charge in [0, 0.05) is 17.1 Å². The van der Waals surface area contributed by atoms with E-state index in [0.29, 0.717) is 17.2 Å². The first kappa shape index (κ1) is 19.7. The van der Waals surface area contributed by atoms with Crippen LogP contribution >= 0.6 is 11.8 Å². The predicted octanol–water partition coefficient (Wildman–Crippen LogP) is 4.80. The molecular formula is C22H21N3O2S. The van der Waals surface area contributed by atoms with Crippen LogP contribution in [-0.2, 0) is 11.2 Å². The number of nitrogens with zero attached hydrogens (tertiary/aromatic N) is 2. The lowest BCUT2D eigenvalue weighted by Crippen LogP contribution is -2.15. The maximum Gasteiger partial charge on any atom is 0.234 e. The SMILES string of the molecule is CCOc1ccc2cc(C#N)c(SCC(=O)Nc3ccccc3CC)nc2c1. The molecule has 0 bridgehead atoms. The topological polar surface area (TPSA) is 75.0 Å². The minimum absolute atomic E-state index is 0.125. The number of hydrogen-bond donors (Lipinski definition) is 1. The van der Waals surface area contributed by atoms with Gasteiger partial charge in [0.2, 0.25) is 5.91 Å². The fourth-order valence-electron chi connectivity index (χ4n) is 2.85. The van der Waals surface area contributed by atoms with Crippen molar-refractivity contribution in [1.29, 1.82) is 5.26 Å². The number of carbonyl (C=O) groups excluding carboxylic acids is 1. The fraction of sp³-hybridized carbons (Fsp3) is 0.227. The van der Waals surface area contributed by atoms with E-state index in [-0.39, 0.29) is 11.7 Å². The summed E-state index contributed by atoms with van der Waals surface area (Å²) in [5.41, 5.74) is 3.11. The van der Waals surface area contributed by atoms with E-state index in [1.807, 2.05) is 49.4 Å². The summed E-state index contributed by atoms with van der Waals surface area (Å²) in [5.74, 6) is 0.785. The third-order valence-corrected chi connectivity index (χ3v) is 5.19. The molecule has 28 heavy (non-hydrogen) atoms. The van der Waals surface area contributed by atoms with Gasteiger partial charge in [0.05, 0.1) is 23.4 Å². The first-order valence-electron chi connectivity index (χ1n) is 9.12. The highest BCUT2D eigenvalue weighted by atomic mass is 32.2. The van der Waals surface area contributed by atoms with E-state index in [4.69, 9.17) is 4.74 Å². The summed E-state index contributed by atoms with van der Waals surface area (Å²) in [5, 5.41) is 13.8. The summed E-state index contributed by atoms with van der Waals surface area (Å²) in [6.07, 6.45) is 0.844. The van der Waals surface area contributed by atoms with Gasteiger partial charge in [-0.15, -0.1) is 0 Å². The molecule has 0 unspecified atom stereocenters. The maximum atomic E-state index is 12.4. The van der Waals surface area contributed by atoms with Gasteiger partial charge in [-0.3, -0.25) is 4.79 Å².